The highest BCUT2D eigenvalue weighted by molar-refractivity contribution is 6.30. The van der Waals surface area contributed by atoms with Crippen LogP contribution in [0.1, 0.15) is 42.9 Å². The van der Waals surface area contributed by atoms with E-state index in [0.29, 0.717) is 5.41 Å². The van der Waals surface area contributed by atoms with Crippen molar-refractivity contribution in [2.24, 2.45) is 0 Å². The standard InChI is InChI=1S/C23H31ClN2/c1-23(13-16-26(2)17-14-23)22-8-4-3-6-20(22)7-5-15-25-18-19-9-11-21(24)12-10-19/h3-4,6,8-12,25H,5,7,13-18H2,1-2H3. The summed E-state index contributed by atoms with van der Waals surface area (Å²) in [6, 6.07) is 17.2. The fourth-order valence-corrected chi connectivity index (χ4v) is 4.07. The van der Waals surface area contributed by atoms with Crippen LogP contribution in [-0.2, 0) is 18.4 Å². The monoisotopic (exact) mass is 370 g/mol. The summed E-state index contributed by atoms with van der Waals surface area (Å²) in [5, 5.41) is 4.35. The minimum atomic E-state index is 0.333. The molecule has 0 amide bonds. The number of likely N-dealkylation sites (tertiary alicyclic amines) is 1. The van der Waals surface area contributed by atoms with Crippen molar-refractivity contribution >= 4 is 11.6 Å². The van der Waals surface area contributed by atoms with Crippen LogP contribution < -0.4 is 5.32 Å². The van der Waals surface area contributed by atoms with Crippen molar-refractivity contribution in [1.29, 1.82) is 0 Å². The molecule has 140 valence electrons. The molecule has 2 aromatic carbocycles. The molecule has 1 aliphatic heterocycles. The van der Waals surface area contributed by atoms with Crippen LogP contribution >= 0.6 is 11.6 Å². The van der Waals surface area contributed by atoms with Gasteiger partial charge in [0.15, 0.2) is 0 Å². The average molecular weight is 371 g/mol. The molecule has 2 nitrogen and oxygen atoms in total. The average Bonchev–Trinajstić information content (AvgIpc) is 2.66. The van der Waals surface area contributed by atoms with Gasteiger partial charge in [-0.3, -0.25) is 0 Å². The van der Waals surface area contributed by atoms with Crippen molar-refractivity contribution in [1.82, 2.24) is 10.2 Å². The van der Waals surface area contributed by atoms with E-state index in [1.165, 1.54) is 43.5 Å². The minimum absolute atomic E-state index is 0.333. The molecule has 1 fully saturated rings. The fraction of sp³-hybridized carbons (Fsp3) is 0.478. The molecule has 0 aromatic heterocycles. The molecule has 0 unspecified atom stereocenters. The second kappa shape index (κ2) is 9.03. The third-order valence-electron chi connectivity index (χ3n) is 5.80. The molecule has 0 bridgehead atoms. The molecule has 2 aromatic rings. The van der Waals surface area contributed by atoms with Crippen molar-refractivity contribution in [3.05, 3.63) is 70.2 Å². The molecule has 0 atom stereocenters. The van der Waals surface area contributed by atoms with Crippen LogP contribution in [0.5, 0.6) is 0 Å². The van der Waals surface area contributed by atoms with Crippen molar-refractivity contribution in [2.75, 3.05) is 26.7 Å². The Morgan fingerprint density at radius 2 is 1.73 bits per heavy atom. The number of hydrogen-bond donors (Lipinski definition) is 1. The molecular weight excluding hydrogens is 340 g/mol. The largest absolute Gasteiger partial charge is 0.313 e. The summed E-state index contributed by atoms with van der Waals surface area (Å²) in [4.78, 5) is 2.45. The van der Waals surface area contributed by atoms with Crippen molar-refractivity contribution in [2.45, 2.75) is 44.6 Å². The lowest BCUT2D eigenvalue weighted by molar-refractivity contribution is 0.199. The Morgan fingerprint density at radius 1 is 1.04 bits per heavy atom. The van der Waals surface area contributed by atoms with E-state index in [9.17, 15) is 0 Å². The van der Waals surface area contributed by atoms with Crippen molar-refractivity contribution in [3.8, 4) is 0 Å². The highest BCUT2D eigenvalue weighted by Gasteiger charge is 2.31. The molecule has 1 N–H and O–H groups in total. The lowest BCUT2D eigenvalue weighted by Gasteiger charge is -2.39. The fourth-order valence-electron chi connectivity index (χ4n) is 3.95. The lowest BCUT2D eigenvalue weighted by Crippen LogP contribution is -2.39. The number of rotatable bonds is 7. The number of nitrogens with zero attached hydrogens (tertiary/aromatic N) is 1. The molecule has 3 rings (SSSR count). The highest BCUT2D eigenvalue weighted by atomic mass is 35.5. The maximum absolute atomic E-state index is 5.94. The van der Waals surface area contributed by atoms with E-state index < -0.39 is 0 Å². The van der Waals surface area contributed by atoms with E-state index in [4.69, 9.17) is 11.6 Å². The van der Waals surface area contributed by atoms with Crippen LogP contribution in [0.15, 0.2) is 48.5 Å². The van der Waals surface area contributed by atoms with Crippen LogP contribution in [-0.4, -0.2) is 31.6 Å². The zero-order chi connectivity index (χ0) is 18.4. The zero-order valence-electron chi connectivity index (χ0n) is 16.1. The van der Waals surface area contributed by atoms with Gasteiger partial charge in [0.05, 0.1) is 0 Å². The first-order valence-electron chi connectivity index (χ1n) is 9.79. The van der Waals surface area contributed by atoms with Gasteiger partial charge in [-0.15, -0.1) is 0 Å². The smallest absolute Gasteiger partial charge is 0.0406 e. The number of halogens is 1. The maximum Gasteiger partial charge on any atom is 0.0406 e. The van der Waals surface area contributed by atoms with Crippen LogP contribution in [0.3, 0.4) is 0 Å². The second-order valence-corrected chi connectivity index (χ2v) is 8.36. The first kappa shape index (κ1) is 19.4. The van der Waals surface area contributed by atoms with E-state index in [1.807, 2.05) is 12.1 Å². The summed E-state index contributed by atoms with van der Waals surface area (Å²) in [7, 11) is 2.23. The molecular formula is C23H31ClN2. The van der Waals surface area contributed by atoms with E-state index in [-0.39, 0.29) is 0 Å². The molecule has 0 saturated carbocycles. The van der Waals surface area contributed by atoms with E-state index in [1.54, 1.807) is 5.56 Å². The quantitative estimate of drug-likeness (QED) is 0.686. The molecule has 0 aliphatic carbocycles. The van der Waals surface area contributed by atoms with Gasteiger partial charge in [0, 0.05) is 11.6 Å². The molecule has 0 radical (unpaired) electrons. The van der Waals surface area contributed by atoms with E-state index in [2.05, 4.69) is 60.6 Å². The number of hydrogen-bond acceptors (Lipinski definition) is 2. The van der Waals surface area contributed by atoms with Crippen LogP contribution in [0.25, 0.3) is 0 Å². The molecule has 3 heteroatoms. The number of piperidine rings is 1. The third-order valence-corrected chi connectivity index (χ3v) is 6.05. The van der Waals surface area contributed by atoms with Gasteiger partial charge in [-0.1, -0.05) is 54.9 Å². The minimum Gasteiger partial charge on any atom is -0.313 e. The number of nitrogens with one attached hydrogen (secondary N) is 1. The predicted molar refractivity (Wildman–Crippen MR) is 112 cm³/mol. The van der Waals surface area contributed by atoms with Gasteiger partial charge >= 0.3 is 0 Å². The zero-order valence-corrected chi connectivity index (χ0v) is 16.9. The summed E-state index contributed by atoms with van der Waals surface area (Å²) in [6.45, 7) is 6.80. The van der Waals surface area contributed by atoms with E-state index >= 15 is 0 Å². The Balaban J connectivity index is 1.51. The molecule has 1 saturated heterocycles. The normalized spacial score (nSPS) is 17.3. The second-order valence-electron chi connectivity index (χ2n) is 7.93. The molecule has 0 spiro atoms. The SMILES string of the molecule is CN1CCC(C)(c2ccccc2CCCNCc2ccc(Cl)cc2)CC1. The van der Waals surface area contributed by atoms with E-state index in [0.717, 1.165) is 24.5 Å². The topological polar surface area (TPSA) is 15.3 Å². The number of benzene rings is 2. The highest BCUT2D eigenvalue weighted by Crippen LogP contribution is 2.36. The third kappa shape index (κ3) is 5.09. The Kier molecular flexibility index (Phi) is 6.74. The van der Waals surface area contributed by atoms with Gasteiger partial charge in [0.1, 0.15) is 0 Å². The summed E-state index contributed by atoms with van der Waals surface area (Å²) in [5.74, 6) is 0. The Hall–Kier alpha value is -1.35. The summed E-state index contributed by atoms with van der Waals surface area (Å²) in [6.07, 6.45) is 4.83. The number of aryl methyl sites for hydroxylation is 1. The summed E-state index contributed by atoms with van der Waals surface area (Å²) in [5.41, 5.74) is 4.73. The molecule has 26 heavy (non-hydrogen) atoms. The Labute approximate surface area is 163 Å². The van der Waals surface area contributed by atoms with Crippen LogP contribution in [0, 0.1) is 0 Å². The van der Waals surface area contributed by atoms with Crippen molar-refractivity contribution < 1.29 is 0 Å². The maximum atomic E-state index is 5.94. The first-order valence-corrected chi connectivity index (χ1v) is 10.2. The van der Waals surface area contributed by atoms with Crippen LogP contribution in [0.2, 0.25) is 5.02 Å². The molecule has 1 aliphatic rings. The Bertz CT molecular complexity index is 688. The van der Waals surface area contributed by atoms with Gasteiger partial charge in [0.25, 0.3) is 0 Å². The summed E-state index contributed by atoms with van der Waals surface area (Å²) >= 11 is 5.94. The molecule has 1 heterocycles. The van der Waals surface area contributed by atoms with Gasteiger partial charge in [0.2, 0.25) is 0 Å². The lowest BCUT2D eigenvalue weighted by atomic mass is 9.72. The Morgan fingerprint density at radius 3 is 2.46 bits per heavy atom. The van der Waals surface area contributed by atoms with Crippen LogP contribution in [0.4, 0.5) is 0 Å². The summed E-state index contributed by atoms with van der Waals surface area (Å²) < 4.78 is 0. The van der Waals surface area contributed by atoms with Gasteiger partial charge < -0.3 is 10.2 Å². The predicted octanol–water partition coefficient (Wildman–Crippen LogP) is 5.05. The van der Waals surface area contributed by atoms with Gasteiger partial charge in [-0.2, -0.15) is 0 Å². The first-order chi connectivity index (χ1) is 12.6. The van der Waals surface area contributed by atoms with Gasteiger partial charge in [-0.05, 0) is 86.6 Å². The van der Waals surface area contributed by atoms with Crippen molar-refractivity contribution in [3.63, 3.8) is 0 Å². The van der Waals surface area contributed by atoms with Gasteiger partial charge in [-0.25, -0.2) is 0 Å².